The fraction of sp³-hybridized carbons (Fsp3) is 0.280. The molecular weight excluding hydrogens is 418 g/mol. The highest BCUT2D eigenvalue weighted by Crippen LogP contribution is 2.29. The maximum absolute atomic E-state index is 13.5. The van der Waals surface area contributed by atoms with Crippen LogP contribution < -0.4 is 10.1 Å². The van der Waals surface area contributed by atoms with Gasteiger partial charge in [0, 0.05) is 24.9 Å². The molecule has 0 aliphatic carbocycles. The summed E-state index contributed by atoms with van der Waals surface area (Å²) in [5, 5.41) is 8.12. The fourth-order valence-corrected chi connectivity index (χ4v) is 3.59. The van der Waals surface area contributed by atoms with Gasteiger partial charge in [-0.2, -0.15) is 5.10 Å². The number of amides is 1. The molecule has 8 nitrogen and oxygen atoms in total. The first-order valence-corrected chi connectivity index (χ1v) is 10.8. The summed E-state index contributed by atoms with van der Waals surface area (Å²) in [7, 11) is 1.60. The minimum atomic E-state index is -0.287. The Morgan fingerprint density at radius 3 is 2.73 bits per heavy atom. The molecule has 4 rings (SSSR count). The predicted octanol–water partition coefficient (Wildman–Crippen LogP) is 4.66. The summed E-state index contributed by atoms with van der Waals surface area (Å²) >= 11 is 0. The SMILES string of the molecule is COCCOc1ncccc1NC(=O)c1cc(-c2ccccc2C)nc2c1cnn2C(C)C. The minimum Gasteiger partial charge on any atom is -0.474 e. The molecule has 0 saturated heterocycles. The molecule has 1 aromatic carbocycles. The standard InChI is InChI=1S/C25H27N5O3/c1-16(2)30-23-20(15-27-30)19(14-22(28-23)18-9-6-5-8-17(18)3)24(31)29-21-10-7-11-26-25(21)33-13-12-32-4/h5-11,14-16H,12-13H2,1-4H3,(H,29,31). The van der Waals surface area contributed by atoms with E-state index in [4.69, 9.17) is 14.5 Å². The highest BCUT2D eigenvalue weighted by atomic mass is 16.5. The number of aromatic nitrogens is 4. The fourth-order valence-electron chi connectivity index (χ4n) is 3.59. The van der Waals surface area contributed by atoms with Crippen LogP contribution in [0.4, 0.5) is 5.69 Å². The monoisotopic (exact) mass is 445 g/mol. The second-order valence-electron chi connectivity index (χ2n) is 7.94. The van der Waals surface area contributed by atoms with Crippen LogP contribution >= 0.6 is 0 Å². The molecule has 4 aromatic rings. The van der Waals surface area contributed by atoms with E-state index in [2.05, 4.69) is 15.4 Å². The topological polar surface area (TPSA) is 91.2 Å². The van der Waals surface area contributed by atoms with Crippen LogP contribution in [0.2, 0.25) is 0 Å². The lowest BCUT2D eigenvalue weighted by molar-refractivity contribution is 0.102. The molecule has 0 atom stereocenters. The van der Waals surface area contributed by atoms with Gasteiger partial charge in [-0.15, -0.1) is 0 Å². The highest BCUT2D eigenvalue weighted by molar-refractivity contribution is 6.13. The molecule has 1 N–H and O–H groups in total. The Morgan fingerprint density at radius 2 is 1.97 bits per heavy atom. The average Bonchev–Trinajstić information content (AvgIpc) is 3.24. The number of hydrogen-bond acceptors (Lipinski definition) is 6. The molecule has 0 aliphatic rings. The smallest absolute Gasteiger partial charge is 0.256 e. The van der Waals surface area contributed by atoms with Gasteiger partial charge in [-0.05, 0) is 44.5 Å². The number of nitrogens with one attached hydrogen (secondary N) is 1. The van der Waals surface area contributed by atoms with Crippen molar-refractivity contribution in [3.63, 3.8) is 0 Å². The second kappa shape index (κ2) is 9.79. The molecule has 0 unspecified atom stereocenters. The van der Waals surface area contributed by atoms with Crippen molar-refractivity contribution >= 4 is 22.6 Å². The van der Waals surface area contributed by atoms with Crippen molar-refractivity contribution < 1.29 is 14.3 Å². The number of methoxy groups -OCH3 is 1. The van der Waals surface area contributed by atoms with E-state index >= 15 is 0 Å². The van der Waals surface area contributed by atoms with Crippen molar-refractivity contribution in [1.29, 1.82) is 0 Å². The summed E-state index contributed by atoms with van der Waals surface area (Å²) in [6, 6.07) is 13.4. The van der Waals surface area contributed by atoms with Gasteiger partial charge in [-0.1, -0.05) is 24.3 Å². The normalized spacial score (nSPS) is 11.2. The molecule has 8 heteroatoms. The Morgan fingerprint density at radius 1 is 1.15 bits per heavy atom. The van der Waals surface area contributed by atoms with Gasteiger partial charge < -0.3 is 14.8 Å². The zero-order chi connectivity index (χ0) is 23.4. The molecule has 0 radical (unpaired) electrons. The number of aryl methyl sites for hydroxylation is 1. The molecule has 170 valence electrons. The van der Waals surface area contributed by atoms with Crippen molar-refractivity contribution in [1.82, 2.24) is 19.7 Å². The van der Waals surface area contributed by atoms with Gasteiger partial charge in [0.25, 0.3) is 5.91 Å². The first-order chi connectivity index (χ1) is 16.0. The van der Waals surface area contributed by atoms with E-state index in [9.17, 15) is 4.79 Å². The Kier molecular flexibility index (Phi) is 6.65. The molecule has 1 amide bonds. The Bertz CT molecular complexity index is 1280. The third-order valence-corrected chi connectivity index (χ3v) is 5.27. The van der Waals surface area contributed by atoms with Crippen LogP contribution in [0.15, 0.2) is 54.9 Å². The summed E-state index contributed by atoms with van der Waals surface area (Å²) in [5.41, 5.74) is 4.39. The molecule has 3 aromatic heterocycles. The summed E-state index contributed by atoms with van der Waals surface area (Å²) < 4.78 is 12.5. The van der Waals surface area contributed by atoms with Gasteiger partial charge >= 0.3 is 0 Å². The summed E-state index contributed by atoms with van der Waals surface area (Å²) in [6.07, 6.45) is 3.31. The number of nitrogens with zero attached hydrogens (tertiary/aromatic N) is 4. The molecule has 0 saturated carbocycles. The van der Waals surface area contributed by atoms with Crippen LogP contribution in [0.1, 0.15) is 35.8 Å². The van der Waals surface area contributed by atoms with Crippen molar-refractivity contribution in [2.45, 2.75) is 26.8 Å². The number of benzene rings is 1. The van der Waals surface area contributed by atoms with Gasteiger partial charge in [0.15, 0.2) is 5.65 Å². The Balaban J connectivity index is 1.77. The predicted molar refractivity (Wildman–Crippen MR) is 128 cm³/mol. The van der Waals surface area contributed by atoms with Gasteiger partial charge in [0.05, 0.1) is 29.4 Å². The number of pyridine rings is 2. The second-order valence-corrected chi connectivity index (χ2v) is 7.94. The number of ether oxygens (including phenoxy) is 2. The van der Waals surface area contributed by atoms with Crippen LogP contribution in [0.25, 0.3) is 22.3 Å². The van der Waals surface area contributed by atoms with Gasteiger partial charge in [-0.3, -0.25) is 4.79 Å². The maximum atomic E-state index is 13.5. The Hall–Kier alpha value is -3.78. The largest absolute Gasteiger partial charge is 0.474 e. The van der Waals surface area contributed by atoms with E-state index in [1.54, 1.807) is 31.6 Å². The third kappa shape index (κ3) is 4.70. The van der Waals surface area contributed by atoms with Crippen LogP contribution in [-0.4, -0.2) is 46.0 Å². The lowest BCUT2D eigenvalue weighted by Crippen LogP contribution is -2.15. The number of hydrogen-bond donors (Lipinski definition) is 1. The summed E-state index contributed by atoms with van der Waals surface area (Å²) in [5.74, 6) is 0.0512. The lowest BCUT2D eigenvalue weighted by Gasteiger charge is -2.13. The number of rotatable bonds is 8. The van der Waals surface area contributed by atoms with Crippen LogP contribution in [0.3, 0.4) is 0 Å². The van der Waals surface area contributed by atoms with E-state index in [0.717, 1.165) is 16.8 Å². The quantitative estimate of drug-likeness (QED) is 0.397. The van der Waals surface area contributed by atoms with E-state index in [0.29, 0.717) is 41.4 Å². The molecule has 0 aliphatic heterocycles. The van der Waals surface area contributed by atoms with E-state index in [1.165, 1.54) is 0 Å². The molecule has 0 fully saturated rings. The first kappa shape index (κ1) is 22.4. The lowest BCUT2D eigenvalue weighted by atomic mass is 10.0. The van der Waals surface area contributed by atoms with Crippen LogP contribution in [0, 0.1) is 6.92 Å². The highest BCUT2D eigenvalue weighted by Gasteiger charge is 2.20. The third-order valence-electron chi connectivity index (χ3n) is 5.27. The van der Waals surface area contributed by atoms with E-state index in [-0.39, 0.29) is 11.9 Å². The summed E-state index contributed by atoms with van der Waals surface area (Å²) in [6.45, 7) is 6.85. The number of anilines is 1. The zero-order valence-corrected chi connectivity index (χ0v) is 19.2. The van der Waals surface area contributed by atoms with Crippen molar-refractivity contribution in [3.05, 3.63) is 66.0 Å². The van der Waals surface area contributed by atoms with Crippen molar-refractivity contribution in [2.75, 3.05) is 25.6 Å². The van der Waals surface area contributed by atoms with Crippen molar-refractivity contribution in [2.24, 2.45) is 0 Å². The van der Waals surface area contributed by atoms with E-state index in [1.807, 2.05) is 55.8 Å². The number of carbonyl (C=O) groups excluding carboxylic acids is 1. The van der Waals surface area contributed by atoms with Gasteiger partial charge in [-0.25, -0.2) is 14.6 Å². The molecule has 0 bridgehead atoms. The average molecular weight is 446 g/mol. The molecular formula is C25H27N5O3. The van der Waals surface area contributed by atoms with Crippen molar-refractivity contribution in [3.8, 4) is 17.1 Å². The summed E-state index contributed by atoms with van der Waals surface area (Å²) in [4.78, 5) is 22.6. The minimum absolute atomic E-state index is 0.0946. The Labute approximate surface area is 192 Å². The van der Waals surface area contributed by atoms with Gasteiger partial charge in [0.1, 0.15) is 12.3 Å². The molecule has 33 heavy (non-hydrogen) atoms. The first-order valence-electron chi connectivity index (χ1n) is 10.8. The van der Waals surface area contributed by atoms with E-state index < -0.39 is 0 Å². The van der Waals surface area contributed by atoms with Gasteiger partial charge in [0.2, 0.25) is 5.88 Å². The molecule has 0 spiro atoms. The zero-order valence-electron chi connectivity index (χ0n) is 19.2. The number of fused-ring (bicyclic) bond motifs is 1. The number of carbonyl (C=O) groups is 1. The van der Waals surface area contributed by atoms with Crippen LogP contribution in [0.5, 0.6) is 5.88 Å². The van der Waals surface area contributed by atoms with Crippen LogP contribution in [-0.2, 0) is 4.74 Å². The molecule has 3 heterocycles. The maximum Gasteiger partial charge on any atom is 0.256 e.